The van der Waals surface area contributed by atoms with Crippen molar-refractivity contribution in [3.8, 4) is 0 Å². The number of rotatable bonds is 5. The average Bonchev–Trinajstić information content (AvgIpc) is 2.54. The second-order valence-corrected chi connectivity index (χ2v) is 7.97. The molecule has 6 nitrogen and oxygen atoms in total. The van der Waals surface area contributed by atoms with Gasteiger partial charge in [-0.05, 0) is 42.5 Å². The average molecular weight is 381 g/mol. The Morgan fingerprint density at radius 1 is 1.08 bits per heavy atom. The zero-order valence-electron chi connectivity index (χ0n) is 13.7. The summed E-state index contributed by atoms with van der Waals surface area (Å²) < 4.78 is 24.5. The third-order valence-corrected chi connectivity index (χ3v) is 5.18. The lowest BCUT2D eigenvalue weighted by Gasteiger charge is -2.12. The predicted octanol–water partition coefficient (Wildman–Crippen LogP) is 2.45. The molecule has 0 saturated carbocycles. The minimum Gasteiger partial charge on any atom is -0.345 e. The normalized spacial score (nSPS) is 11.0. The molecule has 0 fully saturated rings. The third kappa shape index (κ3) is 5.04. The van der Waals surface area contributed by atoms with E-state index in [1.54, 1.807) is 32.3 Å². The largest absolute Gasteiger partial charge is 0.345 e. The zero-order valence-corrected chi connectivity index (χ0v) is 15.3. The molecule has 0 aliphatic carbocycles. The van der Waals surface area contributed by atoms with Gasteiger partial charge in [-0.15, -0.1) is 0 Å². The van der Waals surface area contributed by atoms with E-state index in [2.05, 4.69) is 5.32 Å². The lowest BCUT2D eigenvalue weighted by Crippen LogP contribution is -2.24. The van der Waals surface area contributed by atoms with E-state index >= 15 is 0 Å². The number of nitrogens with zero attached hydrogens (tertiary/aromatic N) is 1. The standard InChI is InChI=1S/C17H17ClN2O4S/c1-20(2)17(22)12-4-3-5-14(10-12)19-16(21)11-25(23,24)15-8-6-13(18)7-9-15/h3-10H,11H2,1-2H3,(H,19,21). The van der Waals surface area contributed by atoms with Gasteiger partial charge in [0, 0.05) is 30.4 Å². The van der Waals surface area contributed by atoms with Crippen molar-refractivity contribution < 1.29 is 18.0 Å². The van der Waals surface area contributed by atoms with E-state index in [1.165, 1.54) is 35.2 Å². The highest BCUT2D eigenvalue weighted by atomic mass is 35.5. The summed E-state index contributed by atoms with van der Waals surface area (Å²) in [5.41, 5.74) is 0.743. The molecule has 0 aliphatic rings. The highest BCUT2D eigenvalue weighted by Gasteiger charge is 2.19. The van der Waals surface area contributed by atoms with Gasteiger partial charge in [0.05, 0.1) is 4.90 Å². The Bertz CT molecular complexity index is 893. The molecule has 0 spiro atoms. The summed E-state index contributed by atoms with van der Waals surface area (Å²) in [5.74, 6) is -1.62. The molecule has 0 aromatic heterocycles. The van der Waals surface area contributed by atoms with Crippen molar-refractivity contribution in [2.45, 2.75) is 4.90 Å². The van der Waals surface area contributed by atoms with Crippen LogP contribution < -0.4 is 5.32 Å². The smallest absolute Gasteiger partial charge is 0.253 e. The van der Waals surface area contributed by atoms with Crippen LogP contribution in [0.3, 0.4) is 0 Å². The highest BCUT2D eigenvalue weighted by molar-refractivity contribution is 7.92. The summed E-state index contributed by atoms with van der Waals surface area (Å²) in [6.07, 6.45) is 0. The quantitative estimate of drug-likeness (QED) is 0.863. The maximum Gasteiger partial charge on any atom is 0.253 e. The van der Waals surface area contributed by atoms with Crippen LogP contribution in [0.4, 0.5) is 5.69 Å². The van der Waals surface area contributed by atoms with Gasteiger partial charge in [-0.3, -0.25) is 9.59 Å². The molecule has 0 radical (unpaired) electrons. The molecule has 25 heavy (non-hydrogen) atoms. The minimum atomic E-state index is -3.78. The Morgan fingerprint density at radius 2 is 1.72 bits per heavy atom. The fourth-order valence-electron chi connectivity index (χ4n) is 2.08. The Balaban J connectivity index is 2.11. The van der Waals surface area contributed by atoms with Crippen LogP contribution in [0.5, 0.6) is 0 Å². The maximum atomic E-state index is 12.2. The van der Waals surface area contributed by atoms with Crippen LogP contribution >= 0.6 is 11.6 Å². The minimum absolute atomic E-state index is 0.0172. The third-order valence-electron chi connectivity index (χ3n) is 3.29. The van der Waals surface area contributed by atoms with E-state index in [-0.39, 0.29) is 10.8 Å². The first kappa shape index (κ1) is 19.0. The van der Waals surface area contributed by atoms with Gasteiger partial charge in [0.1, 0.15) is 5.75 Å². The predicted molar refractivity (Wildman–Crippen MR) is 96.6 cm³/mol. The molecule has 2 aromatic rings. The fourth-order valence-corrected chi connectivity index (χ4v) is 3.34. The van der Waals surface area contributed by atoms with Crippen molar-refractivity contribution >= 4 is 38.9 Å². The van der Waals surface area contributed by atoms with E-state index in [4.69, 9.17) is 11.6 Å². The number of benzene rings is 2. The van der Waals surface area contributed by atoms with E-state index < -0.39 is 21.5 Å². The van der Waals surface area contributed by atoms with Crippen LogP contribution in [-0.4, -0.2) is 45.0 Å². The van der Waals surface area contributed by atoms with Gasteiger partial charge >= 0.3 is 0 Å². The number of nitrogens with one attached hydrogen (secondary N) is 1. The van der Waals surface area contributed by atoms with Crippen LogP contribution in [0.2, 0.25) is 5.02 Å². The van der Waals surface area contributed by atoms with Crippen LogP contribution in [0, 0.1) is 0 Å². The molecule has 2 aromatic carbocycles. The number of amides is 2. The van der Waals surface area contributed by atoms with E-state index in [0.29, 0.717) is 16.3 Å². The lowest BCUT2D eigenvalue weighted by atomic mass is 10.2. The van der Waals surface area contributed by atoms with Gasteiger partial charge in [-0.1, -0.05) is 17.7 Å². The first-order valence-corrected chi connectivity index (χ1v) is 9.32. The van der Waals surface area contributed by atoms with Gasteiger partial charge in [-0.25, -0.2) is 8.42 Å². The first-order valence-electron chi connectivity index (χ1n) is 7.29. The molecule has 2 amide bonds. The summed E-state index contributed by atoms with van der Waals surface area (Å²) >= 11 is 5.73. The van der Waals surface area contributed by atoms with Crippen molar-refractivity contribution in [1.82, 2.24) is 4.90 Å². The van der Waals surface area contributed by atoms with Crippen LogP contribution in [0.15, 0.2) is 53.4 Å². The molecule has 2 rings (SSSR count). The fraction of sp³-hybridized carbons (Fsp3) is 0.176. The Kier molecular flexibility index (Phi) is 5.81. The number of anilines is 1. The van der Waals surface area contributed by atoms with Crippen LogP contribution in [0.25, 0.3) is 0 Å². The molecule has 0 atom stereocenters. The molecular weight excluding hydrogens is 364 g/mol. The number of hydrogen-bond acceptors (Lipinski definition) is 4. The zero-order chi connectivity index (χ0) is 18.6. The Labute approximate surface area is 151 Å². The number of halogens is 1. The molecule has 0 heterocycles. The van der Waals surface area contributed by atoms with Gasteiger partial charge in [0.2, 0.25) is 5.91 Å². The highest BCUT2D eigenvalue weighted by Crippen LogP contribution is 2.16. The molecule has 0 bridgehead atoms. The molecular formula is C17H17ClN2O4S. The summed E-state index contributed by atoms with van der Waals surface area (Å²) in [6.45, 7) is 0. The van der Waals surface area contributed by atoms with Crippen molar-refractivity contribution in [3.63, 3.8) is 0 Å². The van der Waals surface area contributed by atoms with Crippen LogP contribution in [-0.2, 0) is 14.6 Å². The van der Waals surface area contributed by atoms with Gasteiger partial charge in [-0.2, -0.15) is 0 Å². The molecule has 0 aliphatic heterocycles. The van der Waals surface area contributed by atoms with E-state index in [9.17, 15) is 18.0 Å². The summed E-state index contributed by atoms with van der Waals surface area (Å²) in [6, 6.07) is 11.9. The summed E-state index contributed by atoms with van der Waals surface area (Å²) in [5, 5.41) is 2.91. The van der Waals surface area contributed by atoms with Gasteiger partial charge in [0.15, 0.2) is 9.84 Å². The molecule has 1 N–H and O–H groups in total. The molecule has 132 valence electrons. The number of hydrogen-bond donors (Lipinski definition) is 1. The second kappa shape index (κ2) is 7.67. The van der Waals surface area contributed by atoms with E-state index in [1.807, 2.05) is 0 Å². The number of carbonyl (C=O) groups is 2. The topological polar surface area (TPSA) is 83.6 Å². The SMILES string of the molecule is CN(C)C(=O)c1cccc(NC(=O)CS(=O)(=O)c2ccc(Cl)cc2)c1. The van der Waals surface area contributed by atoms with E-state index in [0.717, 1.165) is 0 Å². The van der Waals surface area contributed by atoms with Crippen molar-refractivity contribution in [3.05, 3.63) is 59.1 Å². The summed E-state index contributed by atoms with van der Waals surface area (Å²) in [7, 11) is -0.547. The molecule has 0 saturated heterocycles. The number of carbonyl (C=O) groups excluding carboxylic acids is 2. The monoisotopic (exact) mass is 380 g/mol. The first-order chi connectivity index (χ1) is 11.7. The van der Waals surface area contributed by atoms with Crippen LogP contribution in [0.1, 0.15) is 10.4 Å². The lowest BCUT2D eigenvalue weighted by molar-refractivity contribution is -0.113. The Hall–Kier alpha value is -2.38. The van der Waals surface area contributed by atoms with Gasteiger partial charge in [0.25, 0.3) is 5.91 Å². The van der Waals surface area contributed by atoms with Crippen molar-refractivity contribution in [2.75, 3.05) is 25.2 Å². The van der Waals surface area contributed by atoms with Crippen molar-refractivity contribution in [1.29, 1.82) is 0 Å². The van der Waals surface area contributed by atoms with Crippen molar-refractivity contribution in [2.24, 2.45) is 0 Å². The Morgan fingerprint density at radius 3 is 2.32 bits per heavy atom. The molecule has 8 heteroatoms. The van der Waals surface area contributed by atoms with Gasteiger partial charge < -0.3 is 10.2 Å². The summed E-state index contributed by atoms with van der Waals surface area (Å²) in [4.78, 5) is 25.4. The maximum absolute atomic E-state index is 12.2. The second-order valence-electron chi connectivity index (χ2n) is 5.54. The number of sulfone groups is 1. The molecule has 0 unspecified atom stereocenters.